The van der Waals surface area contributed by atoms with Gasteiger partial charge in [-0.1, -0.05) is 12.1 Å². The maximum absolute atomic E-state index is 11.5. The zero-order chi connectivity index (χ0) is 9.42. The van der Waals surface area contributed by atoms with Gasteiger partial charge in [0.15, 0.2) is 0 Å². The summed E-state index contributed by atoms with van der Waals surface area (Å²) in [5.74, 6) is -0.120. The predicted molar refractivity (Wildman–Crippen MR) is 47.7 cm³/mol. The molecule has 13 heavy (non-hydrogen) atoms. The fourth-order valence-corrected chi connectivity index (χ4v) is 1.56. The van der Waals surface area contributed by atoms with Crippen LogP contribution in [0.1, 0.15) is 15.9 Å². The Morgan fingerprint density at radius 1 is 1.46 bits per heavy atom. The van der Waals surface area contributed by atoms with Crippen molar-refractivity contribution in [1.82, 2.24) is 4.90 Å². The Morgan fingerprint density at radius 3 is 2.92 bits per heavy atom. The number of fused-ring (bicyclic) bond motifs is 1. The summed E-state index contributed by atoms with van der Waals surface area (Å²) in [6, 6.07) is 5.14. The molecule has 0 aliphatic carbocycles. The van der Waals surface area contributed by atoms with E-state index in [1.54, 1.807) is 24.1 Å². The highest BCUT2D eigenvalue weighted by Crippen LogP contribution is 2.29. The van der Waals surface area contributed by atoms with Gasteiger partial charge in [-0.05, 0) is 16.8 Å². The van der Waals surface area contributed by atoms with E-state index in [2.05, 4.69) is 5.18 Å². The zero-order valence-electron chi connectivity index (χ0n) is 7.15. The lowest BCUT2D eigenvalue weighted by atomic mass is 10.1. The number of carbonyl (C=O) groups excluding carboxylic acids is 1. The molecule has 66 valence electrons. The van der Waals surface area contributed by atoms with E-state index < -0.39 is 0 Å². The Balaban J connectivity index is 2.64. The van der Waals surface area contributed by atoms with Crippen molar-refractivity contribution in [2.24, 2.45) is 5.18 Å². The van der Waals surface area contributed by atoms with Gasteiger partial charge in [0.1, 0.15) is 5.69 Å². The molecule has 0 unspecified atom stereocenters. The van der Waals surface area contributed by atoms with E-state index in [4.69, 9.17) is 0 Å². The third-order valence-corrected chi connectivity index (χ3v) is 2.20. The first kappa shape index (κ1) is 7.91. The molecule has 0 saturated carbocycles. The van der Waals surface area contributed by atoms with Crippen LogP contribution < -0.4 is 0 Å². The van der Waals surface area contributed by atoms with Gasteiger partial charge in [0.2, 0.25) is 0 Å². The standard InChI is InChI=1S/C9H8N2O2/c1-11-5-6-3-2-4-7(10-13)8(6)9(11)12/h2-4H,5H2,1H3. The van der Waals surface area contributed by atoms with Gasteiger partial charge in [0.25, 0.3) is 5.91 Å². The molecule has 0 bridgehead atoms. The van der Waals surface area contributed by atoms with Crippen molar-refractivity contribution < 1.29 is 4.79 Å². The predicted octanol–water partition coefficient (Wildman–Crippen LogP) is 1.67. The van der Waals surface area contributed by atoms with Gasteiger partial charge in [-0.25, -0.2) is 0 Å². The molecule has 1 heterocycles. The number of hydrogen-bond donors (Lipinski definition) is 0. The summed E-state index contributed by atoms with van der Waals surface area (Å²) in [6.07, 6.45) is 0. The van der Waals surface area contributed by atoms with Gasteiger partial charge < -0.3 is 4.90 Å². The van der Waals surface area contributed by atoms with E-state index >= 15 is 0 Å². The van der Waals surface area contributed by atoms with Gasteiger partial charge >= 0.3 is 0 Å². The van der Waals surface area contributed by atoms with Crippen molar-refractivity contribution in [2.75, 3.05) is 7.05 Å². The van der Waals surface area contributed by atoms with Crippen LogP contribution in [0.3, 0.4) is 0 Å². The van der Waals surface area contributed by atoms with Crippen LogP contribution in [-0.4, -0.2) is 17.9 Å². The van der Waals surface area contributed by atoms with Crippen LogP contribution in [0.15, 0.2) is 23.4 Å². The average Bonchev–Trinajstić information content (AvgIpc) is 2.43. The van der Waals surface area contributed by atoms with Crippen molar-refractivity contribution >= 4 is 11.6 Å². The topological polar surface area (TPSA) is 49.7 Å². The van der Waals surface area contributed by atoms with Gasteiger partial charge in [0.05, 0.1) is 5.56 Å². The maximum Gasteiger partial charge on any atom is 0.256 e. The number of amides is 1. The number of rotatable bonds is 1. The van der Waals surface area contributed by atoms with Crippen molar-refractivity contribution in [3.05, 3.63) is 34.2 Å². The van der Waals surface area contributed by atoms with Crippen molar-refractivity contribution in [3.63, 3.8) is 0 Å². The number of hydrogen-bond acceptors (Lipinski definition) is 3. The number of nitroso groups, excluding NO2 is 1. The molecule has 1 aliphatic heterocycles. The Bertz CT molecular complexity index is 387. The Labute approximate surface area is 75.1 Å². The van der Waals surface area contributed by atoms with Crippen molar-refractivity contribution in [3.8, 4) is 0 Å². The summed E-state index contributed by atoms with van der Waals surface area (Å²) in [4.78, 5) is 23.5. The lowest BCUT2D eigenvalue weighted by Crippen LogP contribution is -2.17. The highest BCUT2D eigenvalue weighted by Gasteiger charge is 2.27. The largest absolute Gasteiger partial charge is 0.337 e. The quantitative estimate of drug-likeness (QED) is 0.611. The number of carbonyl (C=O) groups is 1. The minimum atomic E-state index is -0.120. The monoisotopic (exact) mass is 176 g/mol. The molecule has 0 radical (unpaired) electrons. The van der Waals surface area contributed by atoms with Crippen molar-refractivity contribution in [1.29, 1.82) is 0 Å². The molecular formula is C9H8N2O2. The van der Waals surface area contributed by atoms with Crippen LogP contribution in [0.5, 0.6) is 0 Å². The Kier molecular flexibility index (Phi) is 1.62. The first-order valence-electron chi connectivity index (χ1n) is 3.94. The van der Waals surface area contributed by atoms with E-state index in [1.165, 1.54) is 0 Å². The molecule has 2 rings (SSSR count). The second-order valence-electron chi connectivity index (χ2n) is 3.06. The summed E-state index contributed by atoms with van der Waals surface area (Å²) in [5, 5.41) is 2.83. The average molecular weight is 176 g/mol. The molecule has 1 amide bonds. The molecular weight excluding hydrogens is 168 g/mol. The number of benzene rings is 1. The molecule has 0 spiro atoms. The van der Waals surface area contributed by atoms with Gasteiger partial charge in [-0.15, -0.1) is 4.91 Å². The van der Waals surface area contributed by atoms with E-state index in [-0.39, 0.29) is 11.6 Å². The second kappa shape index (κ2) is 2.65. The van der Waals surface area contributed by atoms with E-state index in [9.17, 15) is 9.70 Å². The van der Waals surface area contributed by atoms with Gasteiger partial charge in [-0.2, -0.15) is 0 Å². The smallest absolute Gasteiger partial charge is 0.256 e. The Morgan fingerprint density at radius 2 is 2.23 bits per heavy atom. The first-order valence-corrected chi connectivity index (χ1v) is 3.94. The number of nitrogens with zero attached hydrogens (tertiary/aromatic N) is 2. The molecule has 0 fully saturated rings. The third kappa shape index (κ3) is 1.02. The molecule has 1 aliphatic rings. The fraction of sp³-hybridized carbons (Fsp3) is 0.222. The zero-order valence-corrected chi connectivity index (χ0v) is 7.15. The summed E-state index contributed by atoms with van der Waals surface area (Å²) in [5.41, 5.74) is 1.58. The van der Waals surface area contributed by atoms with Crippen LogP contribution in [-0.2, 0) is 6.54 Å². The van der Waals surface area contributed by atoms with Crippen molar-refractivity contribution in [2.45, 2.75) is 6.54 Å². The molecule has 0 N–H and O–H groups in total. The molecule has 1 aromatic rings. The molecule has 0 saturated heterocycles. The van der Waals surface area contributed by atoms with Crippen LogP contribution in [0.2, 0.25) is 0 Å². The summed E-state index contributed by atoms with van der Waals surface area (Å²) >= 11 is 0. The molecule has 0 atom stereocenters. The van der Waals surface area contributed by atoms with Crippen LogP contribution in [0.25, 0.3) is 0 Å². The molecule has 4 nitrogen and oxygen atoms in total. The fourth-order valence-electron chi connectivity index (χ4n) is 1.56. The minimum Gasteiger partial charge on any atom is -0.337 e. The van der Waals surface area contributed by atoms with Gasteiger partial charge in [0, 0.05) is 13.6 Å². The lowest BCUT2D eigenvalue weighted by Gasteiger charge is -2.04. The highest BCUT2D eigenvalue weighted by molar-refractivity contribution is 6.02. The summed E-state index contributed by atoms with van der Waals surface area (Å²) in [7, 11) is 1.71. The maximum atomic E-state index is 11.5. The molecule has 1 aromatic carbocycles. The summed E-state index contributed by atoms with van der Waals surface area (Å²) < 4.78 is 0. The van der Waals surface area contributed by atoms with Gasteiger partial charge in [-0.3, -0.25) is 4.79 Å². The highest BCUT2D eigenvalue weighted by atomic mass is 16.3. The first-order chi connectivity index (χ1) is 6.24. The van der Waals surface area contributed by atoms with E-state index in [1.807, 2.05) is 6.07 Å². The van der Waals surface area contributed by atoms with E-state index in [0.717, 1.165) is 5.56 Å². The molecule has 4 heteroatoms. The minimum absolute atomic E-state index is 0.120. The third-order valence-electron chi connectivity index (χ3n) is 2.20. The summed E-state index contributed by atoms with van der Waals surface area (Å²) in [6.45, 7) is 0.567. The van der Waals surface area contributed by atoms with Crippen LogP contribution in [0, 0.1) is 4.91 Å². The normalized spacial score (nSPS) is 14.5. The SMILES string of the molecule is CN1Cc2cccc(N=O)c2C1=O. The lowest BCUT2D eigenvalue weighted by molar-refractivity contribution is 0.0817. The van der Waals surface area contributed by atoms with Crippen LogP contribution >= 0.6 is 0 Å². The Hall–Kier alpha value is -1.71. The molecule has 0 aromatic heterocycles. The second-order valence-corrected chi connectivity index (χ2v) is 3.06. The van der Waals surface area contributed by atoms with E-state index in [0.29, 0.717) is 12.1 Å². The van der Waals surface area contributed by atoms with Crippen LogP contribution in [0.4, 0.5) is 5.69 Å².